The summed E-state index contributed by atoms with van der Waals surface area (Å²) in [5, 5.41) is 0. The van der Waals surface area contributed by atoms with Crippen LogP contribution in [-0.4, -0.2) is 18.4 Å². The maximum Gasteiger partial charge on any atom is 0.271 e. The normalized spacial score (nSPS) is 11.2. The summed E-state index contributed by atoms with van der Waals surface area (Å²) < 4.78 is 33.6. The molecule has 9 heteroatoms. The Labute approximate surface area is 145 Å². The van der Waals surface area contributed by atoms with E-state index in [2.05, 4.69) is 30.6 Å². The number of hydrogen-bond donors (Lipinski definition) is 1. The van der Waals surface area contributed by atoms with Gasteiger partial charge in [-0.1, -0.05) is 6.07 Å². The molecule has 0 amide bonds. The number of ether oxygens (including phenoxy) is 1. The Morgan fingerprint density at radius 1 is 1.17 bits per heavy atom. The van der Waals surface area contributed by atoms with Gasteiger partial charge in [0, 0.05) is 18.5 Å². The second kappa shape index (κ2) is 6.65. The first-order valence-corrected chi connectivity index (χ1v) is 9.44. The minimum atomic E-state index is -3.63. The summed E-state index contributed by atoms with van der Waals surface area (Å²) in [4.78, 5) is 7.90. The van der Waals surface area contributed by atoms with Crippen LogP contribution < -0.4 is 9.46 Å². The van der Waals surface area contributed by atoms with Crippen molar-refractivity contribution in [1.29, 1.82) is 0 Å². The Morgan fingerprint density at radius 2 is 2.04 bits per heavy atom. The van der Waals surface area contributed by atoms with Gasteiger partial charge in [-0.05, 0) is 40.2 Å². The van der Waals surface area contributed by atoms with Gasteiger partial charge in [-0.25, -0.2) is 13.4 Å². The molecule has 0 aliphatic heterocycles. The molecule has 2 heterocycles. The minimum Gasteiger partial charge on any atom is -0.437 e. The number of rotatable bonds is 5. The Balaban J connectivity index is 1.80. The van der Waals surface area contributed by atoms with E-state index in [-0.39, 0.29) is 4.21 Å². The number of sulfonamides is 1. The highest BCUT2D eigenvalue weighted by Crippen LogP contribution is 2.29. The zero-order valence-electron chi connectivity index (χ0n) is 11.5. The van der Waals surface area contributed by atoms with Crippen LogP contribution >= 0.6 is 27.3 Å². The third kappa shape index (κ3) is 4.06. The number of thiophene rings is 1. The molecule has 3 aromatic rings. The lowest BCUT2D eigenvalue weighted by atomic mass is 10.3. The van der Waals surface area contributed by atoms with Crippen molar-refractivity contribution in [2.75, 3.05) is 4.72 Å². The fraction of sp³-hybridized carbons (Fsp3) is 0. The van der Waals surface area contributed by atoms with Crippen molar-refractivity contribution < 1.29 is 13.2 Å². The number of nitrogens with one attached hydrogen (secondary N) is 1. The highest BCUT2D eigenvalue weighted by molar-refractivity contribution is 9.11. The molecule has 1 aromatic carbocycles. The van der Waals surface area contributed by atoms with Gasteiger partial charge in [0.1, 0.15) is 9.96 Å². The fourth-order valence-electron chi connectivity index (χ4n) is 1.73. The monoisotopic (exact) mass is 411 g/mol. The SMILES string of the molecule is O=S(=O)(Nc1cccc(Oc2cnccn2)c1)c1ccc(Br)s1. The number of benzene rings is 1. The molecule has 0 radical (unpaired) electrons. The second-order valence-electron chi connectivity index (χ2n) is 4.34. The molecule has 0 atom stereocenters. The van der Waals surface area contributed by atoms with Crippen molar-refractivity contribution >= 4 is 43.0 Å². The topological polar surface area (TPSA) is 81.2 Å². The van der Waals surface area contributed by atoms with Crippen LogP contribution in [0, 0.1) is 0 Å². The van der Waals surface area contributed by atoms with Gasteiger partial charge >= 0.3 is 0 Å². The maximum atomic E-state index is 12.3. The zero-order valence-corrected chi connectivity index (χ0v) is 14.7. The molecule has 0 bridgehead atoms. The van der Waals surface area contributed by atoms with Crippen molar-refractivity contribution in [1.82, 2.24) is 9.97 Å². The third-order valence-electron chi connectivity index (χ3n) is 2.66. The molecule has 0 aliphatic carbocycles. The van der Waals surface area contributed by atoms with E-state index in [1.54, 1.807) is 30.3 Å². The molecular weight excluding hydrogens is 402 g/mol. The van der Waals surface area contributed by atoms with E-state index in [1.807, 2.05) is 0 Å². The van der Waals surface area contributed by atoms with Crippen LogP contribution in [0.5, 0.6) is 11.6 Å². The highest BCUT2D eigenvalue weighted by Gasteiger charge is 2.16. The number of aromatic nitrogens is 2. The standard InChI is InChI=1S/C14H10BrN3O3S2/c15-12-4-5-14(22-12)23(19,20)18-10-2-1-3-11(8-10)21-13-9-16-6-7-17-13/h1-9,18H. The molecule has 0 saturated carbocycles. The van der Waals surface area contributed by atoms with Crippen LogP contribution in [0.15, 0.2) is 63.0 Å². The molecule has 0 aliphatic rings. The van der Waals surface area contributed by atoms with Crippen LogP contribution in [0.4, 0.5) is 5.69 Å². The first-order chi connectivity index (χ1) is 11.0. The number of nitrogens with zero attached hydrogens (tertiary/aromatic N) is 2. The van der Waals surface area contributed by atoms with Crippen LogP contribution in [0.25, 0.3) is 0 Å². The quantitative estimate of drug-likeness (QED) is 0.688. The summed E-state index contributed by atoms with van der Waals surface area (Å²) >= 11 is 4.39. The molecule has 0 saturated heterocycles. The predicted octanol–water partition coefficient (Wildman–Crippen LogP) is 3.89. The van der Waals surface area contributed by atoms with Gasteiger partial charge < -0.3 is 4.74 Å². The molecule has 0 unspecified atom stereocenters. The Kier molecular flexibility index (Phi) is 4.60. The Bertz CT molecular complexity index is 914. The molecule has 6 nitrogen and oxygen atoms in total. The van der Waals surface area contributed by atoms with Crippen molar-refractivity contribution in [3.63, 3.8) is 0 Å². The van der Waals surface area contributed by atoms with Gasteiger partial charge in [0.15, 0.2) is 0 Å². The average molecular weight is 412 g/mol. The van der Waals surface area contributed by atoms with Gasteiger partial charge in [0.2, 0.25) is 5.88 Å². The fourth-order valence-corrected chi connectivity index (χ4v) is 4.79. The lowest BCUT2D eigenvalue weighted by Gasteiger charge is -2.08. The number of anilines is 1. The molecular formula is C14H10BrN3O3S2. The van der Waals surface area contributed by atoms with E-state index in [0.29, 0.717) is 17.3 Å². The van der Waals surface area contributed by atoms with Gasteiger partial charge in [-0.2, -0.15) is 0 Å². The molecule has 0 spiro atoms. The summed E-state index contributed by atoms with van der Waals surface area (Å²) in [6.45, 7) is 0. The predicted molar refractivity (Wildman–Crippen MR) is 91.4 cm³/mol. The van der Waals surface area contributed by atoms with Crippen LogP contribution in [-0.2, 0) is 10.0 Å². The summed E-state index contributed by atoms with van der Waals surface area (Å²) in [6, 6.07) is 9.84. The first kappa shape index (κ1) is 15.9. The summed E-state index contributed by atoms with van der Waals surface area (Å²) in [5.74, 6) is 0.785. The van der Waals surface area contributed by atoms with Gasteiger partial charge in [0.05, 0.1) is 15.7 Å². The maximum absolute atomic E-state index is 12.3. The third-order valence-corrected chi connectivity index (χ3v) is 6.16. The van der Waals surface area contributed by atoms with E-state index in [9.17, 15) is 8.42 Å². The minimum absolute atomic E-state index is 0.227. The smallest absolute Gasteiger partial charge is 0.271 e. The second-order valence-corrected chi connectivity index (χ2v) is 8.71. The molecule has 23 heavy (non-hydrogen) atoms. The van der Waals surface area contributed by atoms with Crippen molar-refractivity contribution in [3.05, 3.63) is 58.8 Å². The van der Waals surface area contributed by atoms with E-state index < -0.39 is 10.0 Å². The molecule has 2 aromatic heterocycles. The van der Waals surface area contributed by atoms with Crippen LogP contribution in [0.2, 0.25) is 0 Å². The first-order valence-electron chi connectivity index (χ1n) is 6.35. The zero-order chi connectivity index (χ0) is 16.3. The van der Waals surface area contributed by atoms with Crippen LogP contribution in [0.1, 0.15) is 0 Å². The summed E-state index contributed by atoms with van der Waals surface area (Å²) in [6.07, 6.45) is 4.52. The van der Waals surface area contributed by atoms with E-state index in [4.69, 9.17) is 4.74 Å². The summed E-state index contributed by atoms with van der Waals surface area (Å²) in [7, 11) is -3.63. The largest absolute Gasteiger partial charge is 0.437 e. The van der Waals surface area contributed by atoms with E-state index in [1.165, 1.54) is 24.7 Å². The lowest BCUT2D eigenvalue weighted by molar-refractivity contribution is 0.460. The summed E-state index contributed by atoms with van der Waals surface area (Å²) in [5.41, 5.74) is 0.399. The molecule has 0 fully saturated rings. The van der Waals surface area contributed by atoms with Crippen molar-refractivity contribution in [3.8, 4) is 11.6 Å². The number of halogens is 1. The Hall–Kier alpha value is -1.97. The van der Waals surface area contributed by atoms with Gasteiger partial charge in [-0.3, -0.25) is 9.71 Å². The van der Waals surface area contributed by atoms with Crippen molar-refractivity contribution in [2.45, 2.75) is 4.21 Å². The molecule has 3 rings (SSSR count). The van der Waals surface area contributed by atoms with Gasteiger partial charge in [-0.15, -0.1) is 11.3 Å². The van der Waals surface area contributed by atoms with E-state index in [0.717, 1.165) is 15.1 Å². The van der Waals surface area contributed by atoms with E-state index >= 15 is 0 Å². The van der Waals surface area contributed by atoms with Gasteiger partial charge in [0.25, 0.3) is 10.0 Å². The average Bonchev–Trinajstić information content (AvgIpc) is 2.96. The van der Waals surface area contributed by atoms with Crippen LogP contribution in [0.3, 0.4) is 0 Å². The highest BCUT2D eigenvalue weighted by atomic mass is 79.9. The Morgan fingerprint density at radius 3 is 2.74 bits per heavy atom. The number of hydrogen-bond acceptors (Lipinski definition) is 6. The lowest BCUT2D eigenvalue weighted by Crippen LogP contribution is -2.11. The molecule has 118 valence electrons. The molecule has 1 N–H and O–H groups in total. The van der Waals surface area contributed by atoms with Crippen molar-refractivity contribution in [2.24, 2.45) is 0 Å².